The van der Waals surface area contributed by atoms with Gasteiger partial charge in [-0.3, -0.25) is 9.59 Å². The maximum absolute atomic E-state index is 13.1. The monoisotopic (exact) mass is 293 g/mol. The molecular weight excluding hydrogens is 273 g/mol. The van der Waals surface area contributed by atoms with Crippen LogP contribution in [0.2, 0.25) is 0 Å². The third kappa shape index (κ3) is 4.03. The van der Waals surface area contributed by atoms with Gasteiger partial charge in [-0.25, -0.2) is 4.39 Å². The number of carbonyl (C=O) groups is 2. The molecule has 0 unspecified atom stereocenters. The first-order chi connectivity index (χ1) is 9.97. The van der Waals surface area contributed by atoms with Gasteiger partial charge in [0.1, 0.15) is 5.82 Å². The Morgan fingerprint density at radius 3 is 2.57 bits per heavy atom. The number of carboxylic acids is 1. The Morgan fingerprint density at radius 2 is 2.00 bits per heavy atom. The number of hydrogen-bond acceptors (Lipinski definition) is 2. The van der Waals surface area contributed by atoms with E-state index in [0.29, 0.717) is 36.6 Å². The molecule has 0 radical (unpaired) electrons. The van der Waals surface area contributed by atoms with Gasteiger partial charge in [0.2, 0.25) is 0 Å². The summed E-state index contributed by atoms with van der Waals surface area (Å²) >= 11 is 0. The summed E-state index contributed by atoms with van der Waals surface area (Å²) in [6.07, 6.45) is 2.53. The summed E-state index contributed by atoms with van der Waals surface area (Å²) in [6, 6.07) is 4.20. The van der Waals surface area contributed by atoms with Crippen LogP contribution in [0.4, 0.5) is 4.39 Å². The van der Waals surface area contributed by atoms with Gasteiger partial charge in [-0.1, -0.05) is 0 Å². The lowest BCUT2D eigenvalue weighted by atomic mass is 9.91. The predicted octanol–water partition coefficient (Wildman–Crippen LogP) is 2.85. The van der Waals surface area contributed by atoms with Crippen LogP contribution >= 0.6 is 0 Å². The molecule has 1 aromatic carbocycles. The van der Waals surface area contributed by atoms with Gasteiger partial charge in [-0.15, -0.1) is 0 Å². The number of hydrogen-bond donors (Lipinski definition) is 1. The van der Waals surface area contributed by atoms with Crippen LogP contribution in [0.25, 0.3) is 0 Å². The Bertz CT molecular complexity index is 536. The highest BCUT2D eigenvalue weighted by atomic mass is 19.1. The largest absolute Gasteiger partial charge is 0.481 e. The molecule has 1 fully saturated rings. The maximum Gasteiger partial charge on any atom is 0.303 e. The number of carbonyl (C=O) groups excluding carboxylic acids is 1. The summed E-state index contributed by atoms with van der Waals surface area (Å²) < 4.78 is 13.1. The fourth-order valence-electron chi connectivity index (χ4n) is 2.79. The highest BCUT2D eigenvalue weighted by Gasteiger charge is 2.24. The lowest BCUT2D eigenvalue weighted by molar-refractivity contribution is -0.137. The Morgan fingerprint density at radius 1 is 1.33 bits per heavy atom. The molecule has 0 saturated carbocycles. The third-order valence-electron chi connectivity index (χ3n) is 4.09. The summed E-state index contributed by atoms with van der Waals surface area (Å²) in [7, 11) is 0. The Labute approximate surface area is 123 Å². The molecule has 1 aliphatic heterocycles. The smallest absolute Gasteiger partial charge is 0.303 e. The van der Waals surface area contributed by atoms with Crippen LogP contribution in [-0.2, 0) is 4.79 Å². The fraction of sp³-hybridized carbons (Fsp3) is 0.500. The lowest BCUT2D eigenvalue weighted by Gasteiger charge is -2.32. The lowest BCUT2D eigenvalue weighted by Crippen LogP contribution is -2.38. The summed E-state index contributed by atoms with van der Waals surface area (Å²) in [5.74, 6) is -0.796. The molecule has 0 aromatic heterocycles. The average Bonchev–Trinajstić information content (AvgIpc) is 2.45. The average molecular weight is 293 g/mol. The second kappa shape index (κ2) is 6.70. The summed E-state index contributed by atoms with van der Waals surface area (Å²) in [6.45, 7) is 3.01. The van der Waals surface area contributed by atoms with Crippen molar-refractivity contribution >= 4 is 11.9 Å². The minimum absolute atomic E-state index is 0.0656. The van der Waals surface area contributed by atoms with Crippen molar-refractivity contribution in [3.8, 4) is 0 Å². The van der Waals surface area contributed by atoms with E-state index in [-0.39, 0.29) is 18.1 Å². The van der Waals surface area contributed by atoms with E-state index in [1.807, 2.05) is 0 Å². The zero-order chi connectivity index (χ0) is 15.4. The van der Waals surface area contributed by atoms with Gasteiger partial charge >= 0.3 is 5.97 Å². The van der Waals surface area contributed by atoms with E-state index in [0.717, 1.165) is 12.8 Å². The number of amides is 1. The van der Waals surface area contributed by atoms with Gasteiger partial charge in [0.15, 0.2) is 0 Å². The molecule has 0 atom stereocenters. The second-order valence-electron chi connectivity index (χ2n) is 5.63. The summed E-state index contributed by atoms with van der Waals surface area (Å²) in [5.41, 5.74) is 1.19. The van der Waals surface area contributed by atoms with Gasteiger partial charge in [0.05, 0.1) is 0 Å². The summed E-state index contributed by atoms with van der Waals surface area (Å²) in [4.78, 5) is 24.8. The van der Waals surface area contributed by atoms with E-state index < -0.39 is 5.97 Å². The molecule has 1 aromatic rings. The van der Waals surface area contributed by atoms with Crippen molar-refractivity contribution in [3.05, 3.63) is 35.1 Å². The SMILES string of the molecule is Cc1cc(F)ccc1C(=O)N1CCC(CCC(=O)O)CC1. The van der Waals surface area contributed by atoms with Crippen molar-refractivity contribution in [2.45, 2.75) is 32.6 Å². The van der Waals surface area contributed by atoms with Crippen molar-refractivity contribution in [2.24, 2.45) is 5.92 Å². The number of aliphatic carboxylic acids is 1. The van der Waals surface area contributed by atoms with Crippen LogP contribution in [0, 0.1) is 18.7 Å². The molecule has 21 heavy (non-hydrogen) atoms. The summed E-state index contributed by atoms with van der Waals surface area (Å²) in [5, 5.41) is 8.69. The van der Waals surface area contributed by atoms with Gasteiger partial charge in [-0.05, 0) is 55.9 Å². The first kappa shape index (κ1) is 15.5. The van der Waals surface area contributed by atoms with Crippen LogP contribution in [0.5, 0.6) is 0 Å². The van der Waals surface area contributed by atoms with Crippen molar-refractivity contribution in [2.75, 3.05) is 13.1 Å². The Balaban J connectivity index is 1.92. The molecule has 1 saturated heterocycles. The third-order valence-corrected chi connectivity index (χ3v) is 4.09. The van der Waals surface area contributed by atoms with E-state index in [2.05, 4.69) is 0 Å². The number of benzene rings is 1. The topological polar surface area (TPSA) is 57.6 Å². The molecule has 4 nitrogen and oxygen atoms in total. The first-order valence-corrected chi connectivity index (χ1v) is 7.24. The minimum atomic E-state index is -0.768. The van der Waals surface area contributed by atoms with Crippen LogP contribution in [0.1, 0.15) is 41.6 Å². The molecule has 2 rings (SSSR count). The Hall–Kier alpha value is -1.91. The maximum atomic E-state index is 13.1. The van der Waals surface area contributed by atoms with Gasteiger partial charge in [-0.2, -0.15) is 0 Å². The molecule has 5 heteroatoms. The predicted molar refractivity (Wildman–Crippen MR) is 76.6 cm³/mol. The van der Waals surface area contributed by atoms with Crippen LogP contribution in [0.3, 0.4) is 0 Å². The number of piperidine rings is 1. The normalized spacial score (nSPS) is 16.0. The number of likely N-dealkylation sites (tertiary alicyclic amines) is 1. The van der Waals surface area contributed by atoms with Crippen LogP contribution in [0.15, 0.2) is 18.2 Å². The highest BCUT2D eigenvalue weighted by Crippen LogP contribution is 2.23. The van der Waals surface area contributed by atoms with Gasteiger partial charge < -0.3 is 10.0 Å². The zero-order valence-corrected chi connectivity index (χ0v) is 12.1. The molecule has 0 bridgehead atoms. The number of halogens is 1. The number of aryl methyl sites for hydroxylation is 1. The fourth-order valence-corrected chi connectivity index (χ4v) is 2.79. The van der Waals surface area contributed by atoms with E-state index in [1.165, 1.54) is 18.2 Å². The number of rotatable bonds is 4. The minimum Gasteiger partial charge on any atom is -0.481 e. The van der Waals surface area contributed by atoms with E-state index in [4.69, 9.17) is 5.11 Å². The van der Waals surface area contributed by atoms with Crippen molar-refractivity contribution in [3.63, 3.8) is 0 Å². The molecule has 1 amide bonds. The zero-order valence-electron chi connectivity index (χ0n) is 12.1. The molecule has 114 valence electrons. The van der Waals surface area contributed by atoms with Gasteiger partial charge in [0, 0.05) is 25.1 Å². The first-order valence-electron chi connectivity index (χ1n) is 7.24. The molecule has 1 heterocycles. The van der Waals surface area contributed by atoms with Crippen molar-refractivity contribution in [1.82, 2.24) is 4.90 Å². The van der Waals surface area contributed by atoms with E-state index in [9.17, 15) is 14.0 Å². The van der Waals surface area contributed by atoms with E-state index in [1.54, 1.807) is 11.8 Å². The van der Waals surface area contributed by atoms with Crippen molar-refractivity contribution in [1.29, 1.82) is 0 Å². The van der Waals surface area contributed by atoms with Gasteiger partial charge in [0.25, 0.3) is 5.91 Å². The standard InChI is InChI=1S/C16H20FNO3/c1-11-10-13(17)3-4-14(11)16(21)18-8-6-12(7-9-18)2-5-15(19)20/h3-4,10,12H,2,5-9H2,1H3,(H,19,20). The van der Waals surface area contributed by atoms with Crippen LogP contribution < -0.4 is 0 Å². The quantitative estimate of drug-likeness (QED) is 0.928. The Kier molecular flexibility index (Phi) is 4.94. The van der Waals surface area contributed by atoms with Crippen molar-refractivity contribution < 1.29 is 19.1 Å². The number of nitrogens with zero attached hydrogens (tertiary/aromatic N) is 1. The molecule has 1 aliphatic rings. The molecule has 0 aliphatic carbocycles. The van der Waals surface area contributed by atoms with Crippen LogP contribution in [-0.4, -0.2) is 35.0 Å². The molecular formula is C16H20FNO3. The highest BCUT2D eigenvalue weighted by molar-refractivity contribution is 5.95. The molecule has 1 N–H and O–H groups in total. The number of carboxylic acid groups (broad SMARTS) is 1. The molecule has 0 spiro atoms. The second-order valence-corrected chi connectivity index (χ2v) is 5.63. The van der Waals surface area contributed by atoms with E-state index >= 15 is 0 Å².